The van der Waals surface area contributed by atoms with Gasteiger partial charge in [0.05, 0.1) is 0 Å². The van der Waals surface area contributed by atoms with Crippen molar-refractivity contribution < 1.29 is 0 Å². The Balaban J connectivity index is 2.11. The second kappa shape index (κ2) is 5.32. The van der Waals surface area contributed by atoms with E-state index in [2.05, 4.69) is 64.1 Å². The van der Waals surface area contributed by atoms with Crippen LogP contribution in [0.1, 0.15) is 11.1 Å². The smallest absolute Gasteiger partial charge is 0.128 e. The number of aryl methyl sites for hydroxylation is 1. The molecule has 0 N–H and O–H groups in total. The van der Waals surface area contributed by atoms with E-state index in [1.807, 2.05) is 18.3 Å². The van der Waals surface area contributed by atoms with Crippen LogP contribution in [0.4, 0.5) is 5.82 Å². The average molecular weight is 291 g/mol. The average Bonchev–Trinajstić information content (AvgIpc) is 2.29. The fourth-order valence-corrected chi connectivity index (χ4v) is 1.99. The van der Waals surface area contributed by atoms with Crippen molar-refractivity contribution in [3.63, 3.8) is 0 Å². The SMILES string of the molecule is Cc1cccc(CN(C)c2ccc(Br)cn2)c1. The molecule has 2 rings (SSSR count). The van der Waals surface area contributed by atoms with Crippen molar-refractivity contribution >= 4 is 21.7 Å². The maximum atomic E-state index is 4.38. The molecule has 0 atom stereocenters. The van der Waals surface area contributed by atoms with Gasteiger partial charge in [0.15, 0.2) is 0 Å². The van der Waals surface area contributed by atoms with Crippen molar-refractivity contribution in [1.82, 2.24) is 4.98 Å². The highest BCUT2D eigenvalue weighted by Gasteiger charge is 2.03. The molecule has 0 saturated heterocycles. The molecule has 88 valence electrons. The molecule has 2 aromatic rings. The Morgan fingerprint density at radius 2 is 2.06 bits per heavy atom. The van der Waals surface area contributed by atoms with Gasteiger partial charge in [-0.2, -0.15) is 0 Å². The van der Waals surface area contributed by atoms with E-state index in [9.17, 15) is 0 Å². The van der Waals surface area contributed by atoms with Gasteiger partial charge in [0, 0.05) is 24.3 Å². The molecule has 0 saturated carbocycles. The molecule has 1 aromatic heterocycles. The lowest BCUT2D eigenvalue weighted by Gasteiger charge is -2.18. The molecule has 0 unspecified atom stereocenters. The number of pyridine rings is 1. The maximum absolute atomic E-state index is 4.38. The third-order valence-electron chi connectivity index (χ3n) is 2.61. The van der Waals surface area contributed by atoms with Gasteiger partial charge in [-0.3, -0.25) is 0 Å². The van der Waals surface area contributed by atoms with Gasteiger partial charge in [-0.05, 0) is 40.5 Å². The zero-order chi connectivity index (χ0) is 12.3. The quantitative estimate of drug-likeness (QED) is 0.855. The van der Waals surface area contributed by atoms with E-state index in [1.165, 1.54) is 11.1 Å². The maximum Gasteiger partial charge on any atom is 0.128 e. The Morgan fingerprint density at radius 3 is 2.71 bits per heavy atom. The van der Waals surface area contributed by atoms with Gasteiger partial charge in [0.2, 0.25) is 0 Å². The van der Waals surface area contributed by atoms with Gasteiger partial charge in [-0.25, -0.2) is 4.98 Å². The molecule has 0 amide bonds. The van der Waals surface area contributed by atoms with Gasteiger partial charge >= 0.3 is 0 Å². The highest BCUT2D eigenvalue weighted by molar-refractivity contribution is 9.10. The first kappa shape index (κ1) is 12.1. The van der Waals surface area contributed by atoms with Crippen molar-refractivity contribution in [2.75, 3.05) is 11.9 Å². The summed E-state index contributed by atoms with van der Waals surface area (Å²) in [5, 5.41) is 0. The third-order valence-corrected chi connectivity index (χ3v) is 3.07. The standard InChI is InChI=1S/C14H15BrN2/c1-11-4-3-5-12(8-11)10-17(2)14-7-6-13(15)9-16-14/h3-9H,10H2,1-2H3. The van der Waals surface area contributed by atoms with Crippen LogP contribution >= 0.6 is 15.9 Å². The molecule has 1 aromatic carbocycles. The summed E-state index contributed by atoms with van der Waals surface area (Å²) in [4.78, 5) is 6.52. The highest BCUT2D eigenvalue weighted by Crippen LogP contribution is 2.16. The summed E-state index contributed by atoms with van der Waals surface area (Å²) < 4.78 is 1.00. The predicted molar refractivity (Wildman–Crippen MR) is 75.2 cm³/mol. The highest BCUT2D eigenvalue weighted by atomic mass is 79.9. The van der Waals surface area contributed by atoms with E-state index in [4.69, 9.17) is 0 Å². The summed E-state index contributed by atoms with van der Waals surface area (Å²) in [6.45, 7) is 2.98. The molecule has 2 nitrogen and oxygen atoms in total. The summed E-state index contributed by atoms with van der Waals surface area (Å²) in [6.07, 6.45) is 1.82. The molecule has 3 heteroatoms. The first-order valence-corrected chi connectivity index (χ1v) is 6.33. The number of hydrogen-bond donors (Lipinski definition) is 0. The fraction of sp³-hybridized carbons (Fsp3) is 0.214. The van der Waals surface area contributed by atoms with Crippen molar-refractivity contribution in [1.29, 1.82) is 0 Å². The number of anilines is 1. The number of rotatable bonds is 3. The Hall–Kier alpha value is -1.35. The van der Waals surface area contributed by atoms with Crippen molar-refractivity contribution in [3.05, 3.63) is 58.2 Å². The molecular weight excluding hydrogens is 276 g/mol. The lowest BCUT2D eigenvalue weighted by atomic mass is 10.1. The van der Waals surface area contributed by atoms with Crippen LogP contribution < -0.4 is 4.90 Å². The topological polar surface area (TPSA) is 16.1 Å². The normalized spacial score (nSPS) is 10.3. The van der Waals surface area contributed by atoms with Gasteiger partial charge < -0.3 is 4.90 Å². The summed E-state index contributed by atoms with van der Waals surface area (Å²) >= 11 is 3.39. The minimum atomic E-state index is 0.871. The minimum Gasteiger partial charge on any atom is -0.355 e. The van der Waals surface area contributed by atoms with Gasteiger partial charge in [-0.1, -0.05) is 29.8 Å². The Kier molecular flexibility index (Phi) is 3.79. The van der Waals surface area contributed by atoms with Gasteiger partial charge in [0.25, 0.3) is 0 Å². The van der Waals surface area contributed by atoms with Crippen LogP contribution in [0.5, 0.6) is 0 Å². The largest absolute Gasteiger partial charge is 0.355 e. The van der Waals surface area contributed by atoms with Crippen molar-refractivity contribution in [2.45, 2.75) is 13.5 Å². The van der Waals surface area contributed by atoms with Gasteiger partial charge in [-0.15, -0.1) is 0 Å². The second-order valence-corrected chi connectivity index (χ2v) is 5.10. The zero-order valence-electron chi connectivity index (χ0n) is 10.0. The number of halogens is 1. The summed E-state index contributed by atoms with van der Waals surface area (Å²) in [5.74, 6) is 0.981. The second-order valence-electron chi connectivity index (χ2n) is 4.18. The van der Waals surface area contributed by atoms with Crippen LogP contribution in [-0.4, -0.2) is 12.0 Å². The molecule has 0 fully saturated rings. The number of nitrogens with zero attached hydrogens (tertiary/aromatic N) is 2. The third kappa shape index (κ3) is 3.30. The summed E-state index contributed by atoms with van der Waals surface area (Å²) in [7, 11) is 2.05. The molecule has 0 aliphatic carbocycles. The summed E-state index contributed by atoms with van der Waals surface area (Å²) in [6, 6.07) is 12.6. The molecule has 0 radical (unpaired) electrons. The molecule has 17 heavy (non-hydrogen) atoms. The van der Waals surface area contributed by atoms with Crippen molar-refractivity contribution in [3.8, 4) is 0 Å². The van der Waals surface area contributed by atoms with E-state index in [-0.39, 0.29) is 0 Å². The Morgan fingerprint density at radius 1 is 1.24 bits per heavy atom. The van der Waals surface area contributed by atoms with Crippen LogP contribution in [0.25, 0.3) is 0 Å². The first-order valence-electron chi connectivity index (χ1n) is 5.53. The monoisotopic (exact) mass is 290 g/mol. The van der Waals surface area contributed by atoms with E-state index in [0.29, 0.717) is 0 Å². The molecular formula is C14H15BrN2. The lowest BCUT2D eigenvalue weighted by molar-refractivity contribution is 0.896. The molecule has 0 aliphatic heterocycles. The van der Waals surface area contributed by atoms with Crippen LogP contribution in [-0.2, 0) is 6.54 Å². The number of aromatic nitrogens is 1. The van der Waals surface area contributed by atoms with E-state index in [0.717, 1.165) is 16.8 Å². The molecule has 0 spiro atoms. The van der Waals surface area contributed by atoms with Crippen LogP contribution in [0.15, 0.2) is 47.1 Å². The van der Waals surface area contributed by atoms with Crippen LogP contribution in [0, 0.1) is 6.92 Å². The van der Waals surface area contributed by atoms with Crippen LogP contribution in [0.2, 0.25) is 0 Å². The summed E-state index contributed by atoms with van der Waals surface area (Å²) in [5.41, 5.74) is 2.59. The minimum absolute atomic E-state index is 0.871. The van der Waals surface area contributed by atoms with E-state index >= 15 is 0 Å². The molecule has 0 aliphatic rings. The fourth-order valence-electron chi connectivity index (χ4n) is 1.76. The number of hydrogen-bond acceptors (Lipinski definition) is 2. The predicted octanol–water partition coefficient (Wildman–Crippen LogP) is 3.79. The van der Waals surface area contributed by atoms with Gasteiger partial charge in [0.1, 0.15) is 5.82 Å². The van der Waals surface area contributed by atoms with E-state index < -0.39 is 0 Å². The van der Waals surface area contributed by atoms with E-state index in [1.54, 1.807) is 0 Å². The lowest BCUT2D eigenvalue weighted by Crippen LogP contribution is -2.17. The molecule has 1 heterocycles. The Labute approximate surface area is 110 Å². The van der Waals surface area contributed by atoms with Crippen LogP contribution in [0.3, 0.4) is 0 Å². The zero-order valence-corrected chi connectivity index (χ0v) is 11.6. The Bertz CT molecular complexity index is 494. The van der Waals surface area contributed by atoms with Crippen molar-refractivity contribution in [2.24, 2.45) is 0 Å². The first-order chi connectivity index (χ1) is 8.15. The number of benzene rings is 1. The molecule has 0 bridgehead atoms.